The molecule has 14 heavy (non-hydrogen) atoms. The SMILES string of the molecule is Nc1nc([N+](=O)[O-])c2c(Br)cccn12. The minimum atomic E-state index is -0.559. The number of anilines is 1. The van der Waals surface area contributed by atoms with Gasteiger partial charge in [0.2, 0.25) is 0 Å². The minimum absolute atomic E-state index is 0.105. The van der Waals surface area contributed by atoms with Gasteiger partial charge in [0.1, 0.15) is 0 Å². The lowest BCUT2D eigenvalue weighted by Gasteiger charge is -1.95. The van der Waals surface area contributed by atoms with Crippen LogP contribution in [-0.2, 0) is 0 Å². The van der Waals surface area contributed by atoms with Gasteiger partial charge < -0.3 is 15.8 Å². The number of nitrogens with zero attached hydrogens (tertiary/aromatic N) is 3. The summed E-state index contributed by atoms with van der Waals surface area (Å²) >= 11 is 3.21. The van der Waals surface area contributed by atoms with Crippen molar-refractivity contribution >= 4 is 33.2 Å². The molecule has 0 spiro atoms. The van der Waals surface area contributed by atoms with Crippen LogP contribution in [0.4, 0.5) is 11.8 Å². The number of aromatic nitrogens is 2. The van der Waals surface area contributed by atoms with E-state index in [-0.39, 0.29) is 11.8 Å². The second-order valence-corrected chi connectivity index (χ2v) is 3.48. The van der Waals surface area contributed by atoms with Crippen molar-refractivity contribution in [2.75, 3.05) is 5.73 Å². The van der Waals surface area contributed by atoms with Crippen LogP contribution in [0.25, 0.3) is 5.52 Å². The molecule has 72 valence electrons. The fraction of sp³-hybridized carbons (Fsp3) is 0. The smallest absolute Gasteiger partial charge is 0.358 e. The number of hydrogen-bond donors (Lipinski definition) is 1. The first-order valence-electron chi connectivity index (χ1n) is 3.67. The molecule has 0 amide bonds. The van der Waals surface area contributed by atoms with Gasteiger partial charge in [-0.2, -0.15) is 0 Å². The van der Waals surface area contributed by atoms with Gasteiger partial charge in [0.15, 0.2) is 5.52 Å². The highest BCUT2D eigenvalue weighted by Crippen LogP contribution is 2.28. The third kappa shape index (κ3) is 1.13. The maximum absolute atomic E-state index is 10.6. The largest absolute Gasteiger partial charge is 0.393 e. The molecule has 2 aromatic heterocycles. The maximum atomic E-state index is 10.6. The van der Waals surface area contributed by atoms with Crippen molar-refractivity contribution in [1.82, 2.24) is 9.38 Å². The number of rotatable bonds is 1. The molecule has 0 saturated heterocycles. The number of halogens is 1. The molecule has 2 N–H and O–H groups in total. The van der Waals surface area contributed by atoms with Gasteiger partial charge in [-0.3, -0.25) is 4.40 Å². The maximum Gasteiger partial charge on any atom is 0.393 e. The lowest BCUT2D eigenvalue weighted by atomic mass is 10.4. The molecule has 2 heterocycles. The molecular weight excluding hydrogens is 252 g/mol. The zero-order chi connectivity index (χ0) is 10.3. The van der Waals surface area contributed by atoms with E-state index < -0.39 is 4.92 Å². The van der Waals surface area contributed by atoms with Crippen molar-refractivity contribution in [3.05, 3.63) is 32.9 Å². The summed E-state index contributed by atoms with van der Waals surface area (Å²) in [5.41, 5.74) is 5.88. The quantitative estimate of drug-likeness (QED) is 0.620. The van der Waals surface area contributed by atoms with Gasteiger partial charge in [0.05, 0.1) is 4.47 Å². The number of pyridine rings is 1. The number of imidazole rings is 1. The van der Waals surface area contributed by atoms with Crippen LogP contribution in [0.3, 0.4) is 0 Å². The monoisotopic (exact) mass is 256 g/mol. The molecule has 0 aromatic carbocycles. The summed E-state index contributed by atoms with van der Waals surface area (Å²) in [4.78, 5) is 13.7. The predicted molar refractivity (Wildman–Crippen MR) is 54.0 cm³/mol. The van der Waals surface area contributed by atoms with Crippen LogP contribution in [-0.4, -0.2) is 14.3 Å². The van der Waals surface area contributed by atoms with E-state index in [1.54, 1.807) is 18.3 Å². The van der Waals surface area contributed by atoms with Gasteiger partial charge in [-0.25, -0.2) is 0 Å². The third-order valence-electron chi connectivity index (χ3n) is 1.80. The van der Waals surface area contributed by atoms with Crippen molar-refractivity contribution < 1.29 is 4.92 Å². The van der Waals surface area contributed by atoms with Crippen LogP contribution in [0.2, 0.25) is 0 Å². The second kappa shape index (κ2) is 2.95. The molecule has 2 aromatic rings. The molecule has 6 nitrogen and oxygen atoms in total. The summed E-state index contributed by atoms with van der Waals surface area (Å²) in [6.07, 6.45) is 1.62. The van der Waals surface area contributed by atoms with E-state index in [1.165, 1.54) is 4.40 Å². The van der Waals surface area contributed by atoms with Gasteiger partial charge in [0, 0.05) is 11.2 Å². The first-order valence-corrected chi connectivity index (χ1v) is 4.47. The van der Waals surface area contributed by atoms with Gasteiger partial charge in [0.25, 0.3) is 0 Å². The van der Waals surface area contributed by atoms with Crippen LogP contribution in [0.1, 0.15) is 0 Å². The molecule has 2 rings (SSSR count). The minimum Gasteiger partial charge on any atom is -0.358 e. The molecular formula is C7H5BrN4O2. The van der Waals surface area contributed by atoms with E-state index in [9.17, 15) is 10.1 Å². The van der Waals surface area contributed by atoms with Crippen LogP contribution in [0.5, 0.6) is 0 Å². The molecule has 0 aliphatic heterocycles. The van der Waals surface area contributed by atoms with E-state index in [1.807, 2.05) is 0 Å². The van der Waals surface area contributed by atoms with Gasteiger partial charge in [-0.15, -0.1) is 0 Å². The highest BCUT2D eigenvalue weighted by molar-refractivity contribution is 9.10. The van der Waals surface area contributed by atoms with Crippen molar-refractivity contribution in [2.45, 2.75) is 0 Å². The Hall–Kier alpha value is -1.63. The Bertz CT molecular complexity index is 522. The number of fused-ring (bicyclic) bond motifs is 1. The Morgan fingerprint density at radius 1 is 1.64 bits per heavy atom. The van der Waals surface area contributed by atoms with Crippen LogP contribution < -0.4 is 5.73 Å². The Morgan fingerprint density at radius 2 is 2.36 bits per heavy atom. The highest BCUT2D eigenvalue weighted by Gasteiger charge is 2.21. The van der Waals surface area contributed by atoms with Crippen LogP contribution in [0, 0.1) is 10.1 Å². The molecule has 0 bridgehead atoms. The van der Waals surface area contributed by atoms with E-state index in [4.69, 9.17) is 5.73 Å². The topological polar surface area (TPSA) is 86.5 Å². The number of nitrogen functional groups attached to an aromatic ring is 1. The summed E-state index contributed by atoms with van der Waals surface area (Å²) in [6.45, 7) is 0. The van der Waals surface area contributed by atoms with Crippen molar-refractivity contribution in [3.8, 4) is 0 Å². The number of nitrogens with two attached hydrogens (primary N) is 1. The Labute approximate surface area is 86.6 Å². The van der Waals surface area contributed by atoms with E-state index >= 15 is 0 Å². The average Bonchev–Trinajstić information content (AvgIpc) is 2.46. The first kappa shape index (κ1) is 8.95. The van der Waals surface area contributed by atoms with E-state index in [0.29, 0.717) is 9.99 Å². The molecule has 0 atom stereocenters. The second-order valence-electron chi connectivity index (χ2n) is 2.63. The van der Waals surface area contributed by atoms with Crippen molar-refractivity contribution in [2.24, 2.45) is 0 Å². The lowest BCUT2D eigenvalue weighted by molar-refractivity contribution is -0.387. The van der Waals surface area contributed by atoms with Crippen LogP contribution in [0.15, 0.2) is 22.8 Å². The Kier molecular flexibility index (Phi) is 1.88. The summed E-state index contributed by atoms with van der Waals surface area (Å²) in [6, 6.07) is 3.42. The number of hydrogen-bond acceptors (Lipinski definition) is 4. The van der Waals surface area contributed by atoms with Crippen molar-refractivity contribution in [3.63, 3.8) is 0 Å². The first-order chi connectivity index (χ1) is 6.61. The highest BCUT2D eigenvalue weighted by atomic mass is 79.9. The zero-order valence-electron chi connectivity index (χ0n) is 6.85. The lowest BCUT2D eigenvalue weighted by Crippen LogP contribution is -1.92. The molecule has 7 heteroatoms. The standard InChI is InChI=1S/C7H5BrN4O2/c8-4-2-1-3-11-5(4)6(12(13)14)10-7(11)9/h1-3H,(H2,9,10). The Morgan fingerprint density at radius 3 is 3.00 bits per heavy atom. The molecule has 0 aliphatic carbocycles. The van der Waals surface area contributed by atoms with E-state index in [0.717, 1.165) is 0 Å². The Balaban J connectivity index is 2.93. The summed E-state index contributed by atoms with van der Waals surface area (Å²) < 4.78 is 2.05. The van der Waals surface area contributed by atoms with Crippen molar-refractivity contribution in [1.29, 1.82) is 0 Å². The summed E-state index contributed by atoms with van der Waals surface area (Å²) in [5, 5.41) is 10.6. The molecule has 0 fully saturated rings. The summed E-state index contributed by atoms with van der Waals surface area (Å²) in [7, 11) is 0. The fourth-order valence-electron chi connectivity index (χ4n) is 1.23. The third-order valence-corrected chi connectivity index (χ3v) is 2.44. The van der Waals surface area contributed by atoms with Gasteiger partial charge in [-0.05, 0) is 33.0 Å². The molecule has 0 saturated carbocycles. The predicted octanol–water partition coefficient (Wildman–Crippen LogP) is 1.59. The van der Waals surface area contributed by atoms with Crippen LogP contribution >= 0.6 is 15.9 Å². The molecule has 0 radical (unpaired) electrons. The van der Waals surface area contributed by atoms with Gasteiger partial charge >= 0.3 is 11.8 Å². The zero-order valence-corrected chi connectivity index (χ0v) is 8.43. The average molecular weight is 257 g/mol. The normalized spacial score (nSPS) is 10.6. The van der Waals surface area contributed by atoms with E-state index in [2.05, 4.69) is 20.9 Å². The summed E-state index contributed by atoms with van der Waals surface area (Å²) in [5.74, 6) is -0.136. The molecule has 0 unspecified atom stereocenters. The molecule has 0 aliphatic rings. The fourth-order valence-corrected chi connectivity index (χ4v) is 1.75. The van der Waals surface area contributed by atoms with Gasteiger partial charge in [-0.1, -0.05) is 0 Å². The number of nitro groups is 1.